The monoisotopic (exact) mass is 804 g/mol. The van der Waals surface area contributed by atoms with E-state index >= 15 is 0 Å². The highest BCUT2D eigenvalue weighted by Crippen LogP contribution is 2.43. The largest absolute Gasteiger partial charge is 0.472 e. The molecule has 0 amide bonds. The number of carbonyl (C=O) groups excluding carboxylic acids is 2. The Morgan fingerprint density at radius 1 is 0.554 bits per heavy atom. The lowest BCUT2D eigenvalue weighted by Crippen LogP contribution is -2.29. The van der Waals surface area contributed by atoms with Gasteiger partial charge in [0.25, 0.3) is 0 Å². The highest BCUT2D eigenvalue weighted by Gasteiger charge is 2.26. The minimum absolute atomic E-state index is 0.0370. The number of nitrogens with one attached hydrogen (secondary N) is 1. The van der Waals surface area contributed by atoms with Gasteiger partial charge in [-0.2, -0.15) is 0 Å². The van der Waals surface area contributed by atoms with Crippen molar-refractivity contribution in [3.8, 4) is 0 Å². The molecule has 0 aliphatic heterocycles. The number of likely N-dealkylation sites (N-methyl/N-ethyl adjacent to an activating group) is 1. The molecule has 9 nitrogen and oxygen atoms in total. The van der Waals surface area contributed by atoms with Crippen molar-refractivity contribution in [1.82, 2.24) is 5.32 Å². The Balaban J connectivity index is 4.41. The van der Waals surface area contributed by atoms with Crippen LogP contribution in [0, 0.1) is 0 Å². The number of ether oxygens (including phenoxy) is 2. The average Bonchev–Trinajstić information content (AvgIpc) is 3.18. The summed E-state index contributed by atoms with van der Waals surface area (Å²) in [5.74, 6) is -0.927. The predicted octanol–water partition coefficient (Wildman–Crippen LogP) is 12.3. The van der Waals surface area contributed by atoms with Gasteiger partial charge in [-0.1, -0.05) is 144 Å². The first-order valence-electron chi connectivity index (χ1n) is 21.5. The van der Waals surface area contributed by atoms with Crippen LogP contribution in [0.2, 0.25) is 0 Å². The van der Waals surface area contributed by atoms with Crippen LogP contribution in [0.15, 0.2) is 85.1 Å². The predicted molar refractivity (Wildman–Crippen MR) is 233 cm³/mol. The summed E-state index contributed by atoms with van der Waals surface area (Å²) in [6, 6.07) is 0. The molecule has 2 atom stereocenters. The second kappa shape index (κ2) is 41.8. The van der Waals surface area contributed by atoms with Gasteiger partial charge in [-0.05, 0) is 90.5 Å². The maximum absolute atomic E-state index is 12.6. The van der Waals surface area contributed by atoms with Gasteiger partial charge in [-0.3, -0.25) is 18.6 Å². The smallest absolute Gasteiger partial charge is 0.462 e. The number of rotatable bonds is 39. The van der Waals surface area contributed by atoms with Crippen LogP contribution in [-0.2, 0) is 32.7 Å². The third-order valence-electron chi connectivity index (χ3n) is 8.50. The summed E-state index contributed by atoms with van der Waals surface area (Å²) >= 11 is 0. The van der Waals surface area contributed by atoms with Crippen molar-refractivity contribution in [2.45, 2.75) is 161 Å². The number of phosphoric ester groups is 1. The van der Waals surface area contributed by atoms with Gasteiger partial charge in [0.1, 0.15) is 6.61 Å². The van der Waals surface area contributed by atoms with Crippen molar-refractivity contribution in [2.75, 3.05) is 33.4 Å². The SMILES string of the molecule is CCCCC/C=C\C/C=C\C/C=C\C/C=C\C/C=C\CCC(=O)OC(COC(=O)CCCCCCC/C=C\C/C=C\CCCCC)COP(=O)(O)OCCNC. The van der Waals surface area contributed by atoms with Crippen LogP contribution >= 0.6 is 7.82 Å². The number of unbranched alkanes of at least 4 members (excludes halogenated alkanes) is 11. The van der Waals surface area contributed by atoms with E-state index in [-0.39, 0.29) is 26.1 Å². The number of hydrogen-bond acceptors (Lipinski definition) is 8. The first-order chi connectivity index (χ1) is 27.3. The molecule has 56 heavy (non-hydrogen) atoms. The van der Waals surface area contributed by atoms with E-state index in [9.17, 15) is 19.0 Å². The van der Waals surface area contributed by atoms with E-state index in [2.05, 4.69) is 92.1 Å². The first-order valence-corrected chi connectivity index (χ1v) is 23.0. The van der Waals surface area contributed by atoms with Gasteiger partial charge in [0.2, 0.25) is 0 Å². The summed E-state index contributed by atoms with van der Waals surface area (Å²) in [5.41, 5.74) is 0. The molecule has 0 fully saturated rings. The van der Waals surface area contributed by atoms with E-state index in [1.165, 1.54) is 51.4 Å². The van der Waals surface area contributed by atoms with Gasteiger partial charge in [0, 0.05) is 19.4 Å². The summed E-state index contributed by atoms with van der Waals surface area (Å²) in [5, 5.41) is 2.81. The van der Waals surface area contributed by atoms with Crippen molar-refractivity contribution in [3.63, 3.8) is 0 Å². The maximum Gasteiger partial charge on any atom is 0.472 e. The van der Waals surface area contributed by atoms with E-state index in [0.717, 1.165) is 64.2 Å². The highest BCUT2D eigenvalue weighted by atomic mass is 31.2. The quantitative estimate of drug-likeness (QED) is 0.0271. The molecule has 320 valence electrons. The summed E-state index contributed by atoms with van der Waals surface area (Å²) in [6.45, 7) is 4.04. The number of hydrogen-bond donors (Lipinski definition) is 2. The fourth-order valence-corrected chi connectivity index (χ4v) is 5.96. The average molecular weight is 804 g/mol. The van der Waals surface area contributed by atoms with Crippen molar-refractivity contribution < 1.29 is 37.6 Å². The lowest BCUT2D eigenvalue weighted by atomic mass is 10.1. The Hall–Kier alpha value is -2.81. The lowest BCUT2D eigenvalue weighted by Gasteiger charge is -2.19. The van der Waals surface area contributed by atoms with Crippen molar-refractivity contribution in [1.29, 1.82) is 0 Å². The highest BCUT2D eigenvalue weighted by molar-refractivity contribution is 7.47. The molecular weight excluding hydrogens is 725 g/mol. The van der Waals surface area contributed by atoms with Crippen LogP contribution in [-0.4, -0.2) is 56.3 Å². The van der Waals surface area contributed by atoms with Gasteiger partial charge in [0.05, 0.1) is 13.2 Å². The number of allylic oxidation sites excluding steroid dienone is 14. The molecule has 0 saturated heterocycles. The van der Waals surface area contributed by atoms with Crippen molar-refractivity contribution in [2.24, 2.45) is 0 Å². The van der Waals surface area contributed by atoms with Gasteiger partial charge >= 0.3 is 19.8 Å². The molecular formula is C46H78NO8P. The number of esters is 2. The molecule has 0 spiro atoms. The Morgan fingerprint density at radius 3 is 1.50 bits per heavy atom. The molecule has 2 N–H and O–H groups in total. The van der Waals surface area contributed by atoms with Gasteiger partial charge in [0.15, 0.2) is 6.10 Å². The zero-order valence-corrected chi connectivity index (χ0v) is 36.2. The minimum atomic E-state index is -4.38. The van der Waals surface area contributed by atoms with Crippen molar-refractivity contribution >= 4 is 19.8 Å². The van der Waals surface area contributed by atoms with E-state index in [0.29, 0.717) is 19.4 Å². The zero-order valence-electron chi connectivity index (χ0n) is 35.3. The Morgan fingerprint density at radius 2 is 1.00 bits per heavy atom. The van der Waals surface area contributed by atoms with Gasteiger partial charge < -0.3 is 19.7 Å². The third-order valence-corrected chi connectivity index (χ3v) is 9.49. The van der Waals surface area contributed by atoms with Gasteiger partial charge in [-0.25, -0.2) is 4.57 Å². The standard InChI is InChI=1S/C46H78NO8P/c1-4-6-8-10-12-14-16-18-20-21-22-23-25-27-29-31-33-35-37-39-46(49)55-44(43-54-56(50,51)53-41-40-47-3)42-52-45(48)38-36-34-32-30-28-26-24-19-17-15-13-11-9-7-5-2/h12-15,18-20,22-24,27,29,33,35,44,47H,4-11,16-17,21,25-26,28,30-32,34,36-43H2,1-3H3,(H,50,51)/b14-12-,15-13-,20-18-,23-22-,24-19-,29-27-,35-33-. The molecule has 0 rings (SSSR count). The molecule has 0 aliphatic rings. The molecule has 0 saturated carbocycles. The van der Waals surface area contributed by atoms with Crippen LogP contribution in [0.4, 0.5) is 0 Å². The van der Waals surface area contributed by atoms with Crippen LogP contribution in [0.25, 0.3) is 0 Å². The molecule has 0 aromatic heterocycles. The molecule has 0 radical (unpaired) electrons. The second-order valence-electron chi connectivity index (χ2n) is 13.8. The molecule has 0 heterocycles. The van der Waals surface area contributed by atoms with Crippen LogP contribution in [0.1, 0.15) is 155 Å². The summed E-state index contributed by atoms with van der Waals surface area (Å²) in [4.78, 5) is 35.0. The summed E-state index contributed by atoms with van der Waals surface area (Å²) < 4.78 is 33.1. The summed E-state index contributed by atoms with van der Waals surface area (Å²) in [7, 11) is -2.69. The first kappa shape index (κ1) is 53.2. The minimum Gasteiger partial charge on any atom is -0.462 e. The number of phosphoric acid groups is 1. The molecule has 0 bridgehead atoms. The molecule has 0 aliphatic carbocycles. The maximum atomic E-state index is 12.6. The van der Waals surface area contributed by atoms with Crippen molar-refractivity contribution in [3.05, 3.63) is 85.1 Å². The normalized spacial score (nSPS) is 14.1. The van der Waals surface area contributed by atoms with Crippen LogP contribution < -0.4 is 5.32 Å². The number of carbonyl (C=O) groups is 2. The van der Waals surface area contributed by atoms with E-state index in [4.69, 9.17) is 18.5 Å². The fourth-order valence-electron chi connectivity index (χ4n) is 5.21. The molecule has 2 unspecified atom stereocenters. The Kier molecular flexibility index (Phi) is 39.7. The van der Waals surface area contributed by atoms with Crippen LogP contribution in [0.3, 0.4) is 0 Å². The van der Waals surface area contributed by atoms with E-state index < -0.39 is 32.5 Å². The molecule has 0 aromatic rings. The summed E-state index contributed by atoms with van der Waals surface area (Å²) in [6.07, 6.45) is 50.7. The lowest BCUT2D eigenvalue weighted by molar-refractivity contribution is -0.161. The topological polar surface area (TPSA) is 120 Å². The molecule has 0 aromatic carbocycles. The van der Waals surface area contributed by atoms with E-state index in [1.54, 1.807) is 7.05 Å². The van der Waals surface area contributed by atoms with Gasteiger partial charge in [-0.15, -0.1) is 0 Å². The Bertz CT molecular complexity index is 1190. The van der Waals surface area contributed by atoms with Crippen LogP contribution in [0.5, 0.6) is 0 Å². The Labute approximate surface area is 341 Å². The molecule has 10 heteroatoms. The third kappa shape index (κ3) is 40.8. The second-order valence-corrected chi connectivity index (χ2v) is 15.3. The fraction of sp³-hybridized carbons (Fsp3) is 0.652. The van der Waals surface area contributed by atoms with E-state index in [1.807, 2.05) is 12.2 Å². The zero-order chi connectivity index (χ0) is 41.1.